The first kappa shape index (κ1) is 11.6. The number of benzene rings is 1. The Kier molecular flexibility index (Phi) is 3.39. The van der Waals surface area contributed by atoms with Gasteiger partial charge in [-0.05, 0) is 17.7 Å². The molecule has 88 valence electrons. The Hall–Kier alpha value is -1.88. The van der Waals surface area contributed by atoms with Gasteiger partial charge in [0.2, 0.25) is 5.91 Å². The standard InChI is InChI=1S/C11H11ClN4O/c1-16-7-10(14-15-16)13-11(17)6-8-2-4-9(12)5-3-8/h2-5,7H,6H2,1H3,(H,13,17). The topological polar surface area (TPSA) is 59.8 Å². The number of amides is 1. The van der Waals surface area contributed by atoms with Gasteiger partial charge in [-0.1, -0.05) is 28.9 Å². The van der Waals surface area contributed by atoms with E-state index in [4.69, 9.17) is 11.6 Å². The molecule has 0 atom stereocenters. The van der Waals surface area contributed by atoms with Crippen LogP contribution in [0.15, 0.2) is 30.5 Å². The Balaban J connectivity index is 1.95. The van der Waals surface area contributed by atoms with Crippen molar-refractivity contribution < 1.29 is 4.79 Å². The van der Waals surface area contributed by atoms with E-state index < -0.39 is 0 Å². The van der Waals surface area contributed by atoms with E-state index in [1.807, 2.05) is 12.1 Å². The lowest BCUT2D eigenvalue weighted by atomic mass is 10.1. The quantitative estimate of drug-likeness (QED) is 0.901. The third-order valence-electron chi connectivity index (χ3n) is 2.15. The summed E-state index contributed by atoms with van der Waals surface area (Å²) in [5.74, 6) is 0.319. The molecule has 0 unspecified atom stereocenters. The van der Waals surface area contributed by atoms with Crippen molar-refractivity contribution in [1.82, 2.24) is 15.0 Å². The van der Waals surface area contributed by atoms with Gasteiger partial charge in [-0.25, -0.2) is 0 Å². The highest BCUT2D eigenvalue weighted by atomic mass is 35.5. The van der Waals surface area contributed by atoms with Crippen LogP contribution in [0.4, 0.5) is 5.82 Å². The van der Waals surface area contributed by atoms with Crippen LogP contribution in [0.25, 0.3) is 0 Å². The van der Waals surface area contributed by atoms with Gasteiger partial charge in [0.25, 0.3) is 0 Å². The Morgan fingerprint density at radius 1 is 1.41 bits per heavy atom. The maximum absolute atomic E-state index is 11.7. The molecule has 17 heavy (non-hydrogen) atoms. The highest BCUT2D eigenvalue weighted by Gasteiger charge is 2.06. The van der Waals surface area contributed by atoms with Crippen molar-refractivity contribution in [2.45, 2.75) is 6.42 Å². The van der Waals surface area contributed by atoms with Gasteiger partial charge in [-0.15, -0.1) is 5.10 Å². The second-order valence-electron chi connectivity index (χ2n) is 3.63. The third kappa shape index (κ3) is 3.29. The summed E-state index contributed by atoms with van der Waals surface area (Å²) in [6, 6.07) is 7.15. The van der Waals surface area contributed by atoms with Crippen LogP contribution >= 0.6 is 11.6 Å². The van der Waals surface area contributed by atoms with Gasteiger partial charge < -0.3 is 5.32 Å². The molecule has 1 N–H and O–H groups in total. The highest BCUT2D eigenvalue weighted by Crippen LogP contribution is 2.10. The molecule has 0 spiro atoms. The first-order valence-corrected chi connectivity index (χ1v) is 5.42. The zero-order valence-electron chi connectivity index (χ0n) is 9.22. The summed E-state index contributed by atoms with van der Waals surface area (Å²) in [6.07, 6.45) is 1.92. The molecule has 1 heterocycles. The summed E-state index contributed by atoms with van der Waals surface area (Å²) in [7, 11) is 1.74. The van der Waals surface area contributed by atoms with Crippen LogP contribution in [0, 0.1) is 0 Å². The number of anilines is 1. The Morgan fingerprint density at radius 3 is 2.71 bits per heavy atom. The number of hydrogen-bond donors (Lipinski definition) is 1. The van der Waals surface area contributed by atoms with Crippen LogP contribution in [-0.4, -0.2) is 20.9 Å². The second kappa shape index (κ2) is 4.97. The van der Waals surface area contributed by atoms with E-state index in [-0.39, 0.29) is 12.3 Å². The molecule has 0 aliphatic heterocycles. The molecule has 5 nitrogen and oxygen atoms in total. The van der Waals surface area contributed by atoms with Gasteiger partial charge in [-0.3, -0.25) is 9.48 Å². The van der Waals surface area contributed by atoms with Gasteiger partial charge >= 0.3 is 0 Å². The molecule has 1 amide bonds. The number of carbonyl (C=O) groups excluding carboxylic acids is 1. The first-order valence-electron chi connectivity index (χ1n) is 5.04. The van der Waals surface area contributed by atoms with Crippen LogP contribution in [0.1, 0.15) is 5.56 Å². The summed E-state index contributed by atoms with van der Waals surface area (Å²) in [5.41, 5.74) is 0.899. The highest BCUT2D eigenvalue weighted by molar-refractivity contribution is 6.30. The van der Waals surface area contributed by atoms with Crippen molar-refractivity contribution >= 4 is 23.3 Å². The van der Waals surface area contributed by atoms with Crippen molar-refractivity contribution in [3.8, 4) is 0 Å². The molecule has 0 radical (unpaired) electrons. The monoisotopic (exact) mass is 250 g/mol. The number of aromatic nitrogens is 3. The number of hydrogen-bond acceptors (Lipinski definition) is 3. The summed E-state index contributed by atoms with van der Waals surface area (Å²) in [4.78, 5) is 11.7. The van der Waals surface area contributed by atoms with Gasteiger partial charge in [-0.2, -0.15) is 0 Å². The summed E-state index contributed by atoms with van der Waals surface area (Å²) < 4.78 is 1.53. The molecular formula is C11H11ClN4O. The van der Waals surface area contributed by atoms with E-state index in [9.17, 15) is 4.79 Å². The molecule has 0 bridgehead atoms. The second-order valence-corrected chi connectivity index (χ2v) is 4.07. The number of rotatable bonds is 3. The molecule has 6 heteroatoms. The maximum Gasteiger partial charge on any atom is 0.230 e. The fourth-order valence-corrected chi connectivity index (χ4v) is 1.51. The molecule has 0 aliphatic rings. The smallest absolute Gasteiger partial charge is 0.230 e. The Bertz CT molecular complexity index is 521. The number of halogens is 1. The zero-order valence-corrected chi connectivity index (χ0v) is 9.98. The van der Waals surface area contributed by atoms with Gasteiger partial charge in [0.05, 0.1) is 12.6 Å². The van der Waals surface area contributed by atoms with Crippen LogP contribution in [0.3, 0.4) is 0 Å². The largest absolute Gasteiger partial charge is 0.308 e. The van der Waals surface area contributed by atoms with Crippen LogP contribution in [0.5, 0.6) is 0 Å². The first-order chi connectivity index (χ1) is 8.13. The predicted octanol–water partition coefficient (Wildman–Crippen LogP) is 1.65. The van der Waals surface area contributed by atoms with Crippen LogP contribution in [0.2, 0.25) is 5.02 Å². The predicted molar refractivity (Wildman–Crippen MR) is 64.8 cm³/mol. The van der Waals surface area contributed by atoms with Gasteiger partial charge in [0, 0.05) is 12.1 Å². The lowest BCUT2D eigenvalue weighted by molar-refractivity contribution is -0.115. The van der Waals surface area contributed by atoms with Crippen molar-refractivity contribution in [2.24, 2.45) is 7.05 Å². The Labute approximate surface area is 103 Å². The summed E-state index contributed by atoms with van der Waals surface area (Å²) >= 11 is 5.76. The molecular weight excluding hydrogens is 240 g/mol. The SMILES string of the molecule is Cn1cc(NC(=O)Cc2ccc(Cl)cc2)nn1. The van der Waals surface area contributed by atoms with E-state index in [2.05, 4.69) is 15.6 Å². The summed E-state index contributed by atoms with van der Waals surface area (Å²) in [6.45, 7) is 0. The minimum Gasteiger partial charge on any atom is -0.308 e. The maximum atomic E-state index is 11.7. The lowest BCUT2D eigenvalue weighted by Gasteiger charge is -2.01. The number of nitrogens with zero attached hydrogens (tertiary/aromatic N) is 3. The third-order valence-corrected chi connectivity index (χ3v) is 2.40. The van der Waals surface area contributed by atoms with E-state index in [0.717, 1.165) is 5.56 Å². The van der Waals surface area contributed by atoms with Crippen molar-refractivity contribution in [2.75, 3.05) is 5.32 Å². The van der Waals surface area contributed by atoms with Crippen molar-refractivity contribution in [1.29, 1.82) is 0 Å². The molecule has 1 aromatic carbocycles. The fourth-order valence-electron chi connectivity index (χ4n) is 1.38. The summed E-state index contributed by atoms with van der Waals surface area (Å²) in [5, 5.41) is 10.8. The molecule has 0 fully saturated rings. The van der Waals surface area contributed by atoms with E-state index in [0.29, 0.717) is 10.8 Å². The van der Waals surface area contributed by atoms with E-state index >= 15 is 0 Å². The van der Waals surface area contributed by atoms with Crippen molar-refractivity contribution in [3.63, 3.8) is 0 Å². The lowest BCUT2D eigenvalue weighted by Crippen LogP contribution is -2.14. The molecule has 0 aliphatic carbocycles. The zero-order chi connectivity index (χ0) is 12.3. The molecule has 0 saturated carbocycles. The number of carbonyl (C=O) groups is 1. The minimum atomic E-state index is -0.132. The van der Waals surface area contributed by atoms with Crippen LogP contribution in [-0.2, 0) is 18.3 Å². The average molecular weight is 251 g/mol. The minimum absolute atomic E-state index is 0.132. The Morgan fingerprint density at radius 2 is 2.12 bits per heavy atom. The number of aryl methyl sites for hydroxylation is 1. The van der Waals surface area contributed by atoms with Crippen LogP contribution < -0.4 is 5.32 Å². The number of nitrogens with one attached hydrogen (secondary N) is 1. The molecule has 1 aromatic heterocycles. The van der Waals surface area contributed by atoms with Crippen molar-refractivity contribution in [3.05, 3.63) is 41.0 Å². The fraction of sp³-hybridized carbons (Fsp3) is 0.182. The average Bonchev–Trinajstić information content (AvgIpc) is 2.67. The van der Waals surface area contributed by atoms with Gasteiger partial charge in [0.1, 0.15) is 0 Å². The molecule has 2 aromatic rings. The molecule has 2 rings (SSSR count). The van der Waals surface area contributed by atoms with Gasteiger partial charge in [0.15, 0.2) is 5.82 Å². The normalized spacial score (nSPS) is 10.2. The van der Waals surface area contributed by atoms with E-state index in [1.54, 1.807) is 25.4 Å². The molecule has 0 saturated heterocycles. The van der Waals surface area contributed by atoms with E-state index in [1.165, 1.54) is 4.68 Å².